The highest BCUT2D eigenvalue weighted by Crippen LogP contribution is 2.35. The molecule has 1 saturated heterocycles. The molecule has 0 spiro atoms. The molecule has 25 heavy (non-hydrogen) atoms. The summed E-state index contributed by atoms with van der Waals surface area (Å²) in [5.74, 6) is -2.51. The van der Waals surface area contributed by atoms with E-state index in [1.165, 1.54) is 0 Å². The number of nitrogens with zero attached hydrogens (tertiary/aromatic N) is 1. The van der Waals surface area contributed by atoms with Crippen molar-refractivity contribution in [2.75, 3.05) is 6.54 Å². The zero-order valence-corrected chi connectivity index (χ0v) is 14.1. The predicted octanol–water partition coefficient (Wildman–Crippen LogP) is 3.91. The van der Waals surface area contributed by atoms with Crippen molar-refractivity contribution in [3.63, 3.8) is 0 Å². The van der Waals surface area contributed by atoms with Crippen LogP contribution in [0.15, 0.2) is 23.1 Å². The van der Waals surface area contributed by atoms with E-state index in [4.69, 9.17) is 17.3 Å². The second-order valence-electron chi connectivity index (χ2n) is 5.06. The van der Waals surface area contributed by atoms with Gasteiger partial charge in [0.05, 0.1) is 10.5 Å². The molecule has 1 aromatic rings. The minimum Gasteiger partial charge on any atom is -0.481 e. The molecule has 0 atom stereocenters. The van der Waals surface area contributed by atoms with Gasteiger partial charge in [-0.05, 0) is 30.7 Å². The molecule has 0 aromatic heterocycles. The first kappa shape index (κ1) is 19.4. The minimum absolute atomic E-state index is 0.0152. The molecule has 4 nitrogen and oxygen atoms in total. The molecule has 0 bridgehead atoms. The van der Waals surface area contributed by atoms with Crippen LogP contribution in [-0.4, -0.2) is 32.7 Å². The van der Waals surface area contributed by atoms with E-state index in [0.717, 1.165) is 22.7 Å². The number of carboxylic acids is 1. The molecule has 0 radical (unpaired) electrons. The number of hydrogen-bond donors (Lipinski definition) is 1. The highest BCUT2D eigenvalue weighted by molar-refractivity contribution is 8.26. The molecule has 1 aliphatic heterocycles. The zero-order valence-electron chi connectivity index (χ0n) is 12.5. The van der Waals surface area contributed by atoms with Gasteiger partial charge in [-0.25, -0.2) is 4.39 Å². The Kier molecular flexibility index (Phi) is 5.83. The van der Waals surface area contributed by atoms with Gasteiger partial charge in [-0.15, -0.1) is 0 Å². The fourth-order valence-electron chi connectivity index (χ4n) is 2.05. The molecule has 10 heteroatoms. The zero-order chi connectivity index (χ0) is 18.8. The normalized spacial score (nSPS) is 16.8. The van der Waals surface area contributed by atoms with Gasteiger partial charge in [0, 0.05) is 18.5 Å². The van der Waals surface area contributed by atoms with Crippen LogP contribution in [0.2, 0.25) is 0 Å². The van der Waals surface area contributed by atoms with E-state index in [1.54, 1.807) is 0 Å². The molecule has 1 fully saturated rings. The summed E-state index contributed by atoms with van der Waals surface area (Å²) in [7, 11) is 0. The van der Waals surface area contributed by atoms with Crippen LogP contribution in [0, 0.1) is 5.82 Å². The number of thioether (sulfide) groups is 1. The van der Waals surface area contributed by atoms with Crippen molar-refractivity contribution < 1.29 is 32.3 Å². The van der Waals surface area contributed by atoms with Gasteiger partial charge in [0.25, 0.3) is 5.91 Å². The van der Waals surface area contributed by atoms with Crippen LogP contribution >= 0.6 is 24.0 Å². The third-order valence-electron chi connectivity index (χ3n) is 3.26. The Morgan fingerprint density at radius 3 is 2.64 bits per heavy atom. The van der Waals surface area contributed by atoms with Crippen molar-refractivity contribution in [3.8, 4) is 0 Å². The molecular weight excluding hydrogens is 382 g/mol. The van der Waals surface area contributed by atoms with Crippen molar-refractivity contribution in [2.45, 2.75) is 19.0 Å². The van der Waals surface area contributed by atoms with Gasteiger partial charge >= 0.3 is 12.1 Å². The second-order valence-corrected chi connectivity index (χ2v) is 6.74. The van der Waals surface area contributed by atoms with Gasteiger partial charge in [-0.3, -0.25) is 14.5 Å². The van der Waals surface area contributed by atoms with E-state index in [9.17, 15) is 27.2 Å². The average molecular weight is 393 g/mol. The summed E-state index contributed by atoms with van der Waals surface area (Å²) in [6.07, 6.45) is -3.60. The number of rotatable bonds is 5. The van der Waals surface area contributed by atoms with Crippen LogP contribution in [0.25, 0.3) is 6.08 Å². The number of alkyl halides is 3. The number of benzene rings is 1. The summed E-state index contributed by atoms with van der Waals surface area (Å²) in [5, 5.41) is 8.60. The van der Waals surface area contributed by atoms with Crippen LogP contribution in [0.1, 0.15) is 24.0 Å². The Labute approximate surface area is 149 Å². The number of amides is 1. The molecule has 1 heterocycles. The molecule has 0 saturated carbocycles. The average Bonchev–Trinajstić information content (AvgIpc) is 2.75. The third-order valence-corrected chi connectivity index (χ3v) is 4.63. The van der Waals surface area contributed by atoms with Gasteiger partial charge < -0.3 is 5.11 Å². The Balaban J connectivity index is 2.23. The van der Waals surface area contributed by atoms with Crippen molar-refractivity contribution >= 4 is 46.3 Å². The van der Waals surface area contributed by atoms with Crippen LogP contribution in [0.5, 0.6) is 0 Å². The first-order valence-corrected chi connectivity index (χ1v) is 8.16. The maximum Gasteiger partial charge on any atom is 0.416 e. The van der Waals surface area contributed by atoms with E-state index in [2.05, 4.69) is 0 Å². The third kappa shape index (κ3) is 4.79. The summed E-state index contributed by atoms with van der Waals surface area (Å²) in [4.78, 5) is 23.9. The number of carboxylic acid groups (broad SMARTS) is 1. The van der Waals surface area contributed by atoms with Crippen LogP contribution in [0.4, 0.5) is 17.6 Å². The van der Waals surface area contributed by atoms with Gasteiger partial charge in [-0.2, -0.15) is 13.2 Å². The maximum absolute atomic E-state index is 13.8. The lowest BCUT2D eigenvalue weighted by Gasteiger charge is -2.13. The predicted molar refractivity (Wildman–Crippen MR) is 88.2 cm³/mol. The Bertz CT molecular complexity index is 762. The van der Waals surface area contributed by atoms with E-state index < -0.39 is 29.4 Å². The SMILES string of the molecule is O=C(O)CCCN1C(=O)C(=Cc2cc(C(F)(F)F)ccc2F)SC1=S. The minimum atomic E-state index is -4.63. The fraction of sp³-hybridized carbons (Fsp3) is 0.267. The molecule has 134 valence electrons. The number of aliphatic carboxylic acids is 1. The smallest absolute Gasteiger partial charge is 0.416 e. The Morgan fingerprint density at radius 1 is 1.36 bits per heavy atom. The molecule has 0 aliphatic carbocycles. The standard InChI is InChI=1S/C15H11F4NO3S2/c16-10-4-3-9(15(17,18)19)6-8(10)7-11-13(23)20(14(24)25-11)5-1-2-12(21)22/h3-4,6-7H,1-2,5H2,(H,21,22). The van der Waals surface area contributed by atoms with Gasteiger partial charge in [0.2, 0.25) is 0 Å². The van der Waals surface area contributed by atoms with Crippen molar-refractivity contribution in [1.29, 1.82) is 0 Å². The van der Waals surface area contributed by atoms with Crippen molar-refractivity contribution in [1.82, 2.24) is 4.90 Å². The van der Waals surface area contributed by atoms with Gasteiger partial charge in [0.15, 0.2) is 0 Å². The Hall–Kier alpha value is -1.94. The van der Waals surface area contributed by atoms with E-state index in [-0.39, 0.29) is 34.2 Å². The monoisotopic (exact) mass is 393 g/mol. The number of hydrogen-bond acceptors (Lipinski definition) is 4. The fourth-order valence-corrected chi connectivity index (χ4v) is 3.35. The summed E-state index contributed by atoms with van der Waals surface area (Å²) >= 11 is 5.84. The molecule has 1 amide bonds. The topological polar surface area (TPSA) is 57.6 Å². The quantitative estimate of drug-likeness (QED) is 0.467. The lowest BCUT2D eigenvalue weighted by molar-refractivity contribution is -0.138. The summed E-state index contributed by atoms with van der Waals surface area (Å²) in [6, 6.07) is 1.92. The molecule has 1 N–H and O–H groups in total. The maximum atomic E-state index is 13.8. The van der Waals surface area contributed by atoms with E-state index >= 15 is 0 Å². The van der Waals surface area contributed by atoms with Gasteiger partial charge in [-0.1, -0.05) is 24.0 Å². The van der Waals surface area contributed by atoms with Gasteiger partial charge in [0.1, 0.15) is 10.1 Å². The summed E-state index contributed by atoms with van der Waals surface area (Å²) < 4.78 is 52.1. The second kappa shape index (κ2) is 7.52. The summed E-state index contributed by atoms with van der Waals surface area (Å²) in [6.45, 7) is 0.0688. The summed E-state index contributed by atoms with van der Waals surface area (Å²) in [5.41, 5.74) is -1.40. The molecular formula is C15H11F4NO3S2. The van der Waals surface area contributed by atoms with Crippen LogP contribution < -0.4 is 0 Å². The number of thiocarbonyl (C=S) groups is 1. The molecule has 1 aromatic carbocycles. The first-order valence-electron chi connectivity index (χ1n) is 6.93. The number of carbonyl (C=O) groups excluding carboxylic acids is 1. The Morgan fingerprint density at radius 2 is 2.04 bits per heavy atom. The van der Waals surface area contributed by atoms with E-state index in [0.29, 0.717) is 18.2 Å². The highest BCUT2D eigenvalue weighted by Gasteiger charge is 2.33. The lowest BCUT2D eigenvalue weighted by Crippen LogP contribution is -2.29. The van der Waals surface area contributed by atoms with E-state index in [1.807, 2.05) is 0 Å². The largest absolute Gasteiger partial charge is 0.481 e. The lowest BCUT2D eigenvalue weighted by atomic mass is 10.1. The van der Waals surface area contributed by atoms with Crippen molar-refractivity contribution in [2.24, 2.45) is 0 Å². The number of carbonyl (C=O) groups is 2. The molecule has 0 unspecified atom stereocenters. The highest BCUT2D eigenvalue weighted by atomic mass is 32.2. The van der Waals surface area contributed by atoms with Crippen LogP contribution in [0.3, 0.4) is 0 Å². The number of halogens is 4. The molecule has 1 aliphatic rings. The van der Waals surface area contributed by atoms with Crippen LogP contribution in [-0.2, 0) is 15.8 Å². The van der Waals surface area contributed by atoms with Crippen molar-refractivity contribution in [3.05, 3.63) is 40.0 Å². The first-order chi connectivity index (χ1) is 11.6. The molecule has 2 rings (SSSR count).